The van der Waals surface area contributed by atoms with E-state index >= 15 is 0 Å². The van der Waals surface area contributed by atoms with Crippen LogP contribution < -0.4 is 5.32 Å². The van der Waals surface area contributed by atoms with Crippen molar-refractivity contribution in [2.45, 2.75) is 25.8 Å². The van der Waals surface area contributed by atoms with Crippen LogP contribution in [0.2, 0.25) is 0 Å². The van der Waals surface area contributed by atoms with Gasteiger partial charge < -0.3 is 15.3 Å². The molecule has 0 unspecified atom stereocenters. The van der Waals surface area contributed by atoms with E-state index in [0.29, 0.717) is 6.04 Å². The summed E-state index contributed by atoms with van der Waals surface area (Å²) >= 11 is 0. The highest BCUT2D eigenvalue weighted by molar-refractivity contribution is 5.13. The van der Waals surface area contributed by atoms with Crippen molar-refractivity contribution in [1.29, 1.82) is 0 Å². The number of hydroxylamine groups is 2. The maximum absolute atomic E-state index is 8.99. The van der Waals surface area contributed by atoms with Crippen LogP contribution in [0.15, 0.2) is 36.6 Å². The summed E-state index contributed by atoms with van der Waals surface area (Å²) in [5.74, 6) is 0.117. The van der Waals surface area contributed by atoms with Crippen LogP contribution in [0.1, 0.15) is 19.8 Å². The molecule has 0 aromatic rings. The van der Waals surface area contributed by atoms with Crippen LogP contribution in [0.5, 0.6) is 0 Å². The number of hydrogen-bond donors (Lipinski definition) is 2. The second-order valence-electron chi connectivity index (χ2n) is 3.69. The third-order valence-corrected chi connectivity index (χ3v) is 2.28. The van der Waals surface area contributed by atoms with Crippen LogP contribution in [0, 0.1) is 0 Å². The van der Waals surface area contributed by atoms with Gasteiger partial charge >= 0.3 is 0 Å². The van der Waals surface area contributed by atoms with Crippen molar-refractivity contribution in [3.05, 3.63) is 36.6 Å². The fraction of sp³-hybridized carbons (Fsp3) is 0.455. The summed E-state index contributed by atoms with van der Waals surface area (Å²) in [5, 5.41) is 13.7. The second kappa shape index (κ2) is 4.89. The first-order valence-corrected chi connectivity index (χ1v) is 4.90. The first-order valence-electron chi connectivity index (χ1n) is 4.90. The first kappa shape index (κ1) is 11.7. The molecule has 0 aliphatic carbocycles. The average molecular weight is 210 g/mol. The molecule has 84 valence electrons. The maximum atomic E-state index is 8.99. The zero-order chi connectivity index (χ0) is 11.4. The Hall–Kier alpha value is -1.42. The van der Waals surface area contributed by atoms with Crippen molar-refractivity contribution in [2.24, 2.45) is 0 Å². The molecule has 0 bridgehead atoms. The van der Waals surface area contributed by atoms with Crippen molar-refractivity contribution >= 4 is 0 Å². The Morgan fingerprint density at radius 1 is 1.53 bits per heavy atom. The normalized spacial score (nSPS) is 19.6. The van der Waals surface area contributed by atoms with E-state index < -0.39 is 0 Å². The smallest absolute Gasteiger partial charge is 0.157 e. The molecule has 0 atom stereocenters. The van der Waals surface area contributed by atoms with Gasteiger partial charge in [-0.15, -0.1) is 0 Å². The molecule has 0 amide bonds. The minimum atomic E-state index is 0.117. The molecular weight excluding hydrogens is 192 g/mol. The summed E-state index contributed by atoms with van der Waals surface area (Å²) in [7, 11) is 1.92. The van der Waals surface area contributed by atoms with Gasteiger partial charge in [-0.25, -0.2) is 0 Å². The molecule has 0 aromatic carbocycles. The van der Waals surface area contributed by atoms with E-state index in [-0.39, 0.29) is 5.76 Å². The van der Waals surface area contributed by atoms with Crippen LogP contribution in [0.25, 0.3) is 0 Å². The van der Waals surface area contributed by atoms with E-state index in [1.165, 1.54) is 6.26 Å². The zero-order valence-electron chi connectivity index (χ0n) is 9.29. The number of aliphatic hydroxyl groups excluding tert-OH is 1. The highest BCUT2D eigenvalue weighted by Crippen LogP contribution is 2.27. The van der Waals surface area contributed by atoms with E-state index in [2.05, 4.69) is 18.5 Å². The van der Waals surface area contributed by atoms with Gasteiger partial charge in [0.05, 0.1) is 11.4 Å². The Morgan fingerprint density at radius 3 is 2.47 bits per heavy atom. The maximum Gasteiger partial charge on any atom is 0.157 e. The lowest BCUT2D eigenvalue weighted by atomic mass is 10.0. The number of rotatable bonds is 3. The summed E-state index contributed by atoms with van der Waals surface area (Å²) < 4.78 is 0. The summed E-state index contributed by atoms with van der Waals surface area (Å²) in [6.45, 7) is 9.37. The van der Waals surface area contributed by atoms with Gasteiger partial charge in [-0.3, -0.25) is 0 Å². The molecule has 1 aliphatic rings. The summed E-state index contributed by atoms with van der Waals surface area (Å²) in [6, 6.07) is 0.365. The number of aliphatic hydroxyl groups is 1. The number of hydrogen-bond acceptors (Lipinski definition) is 4. The lowest BCUT2D eigenvalue weighted by Crippen LogP contribution is -2.37. The summed E-state index contributed by atoms with van der Waals surface area (Å²) in [5.41, 5.74) is 1.67. The fourth-order valence-electron chi connectivity index (χ4n) is 1.51. The Labute approximate surface area is 90.5 Å². The van der Waals surface area contributed by atoms with Crippen molar-refractivity contribution < 1.29 is 9.94 Å². The molecular formula is C11H18N2O2. The molecule has 2 N–H and O–H groups in total. The minimum absolute atomic E-state index is 0.117. The zero-order valence-corrected chi connectivity index (χ0v) is 9.29. The lowest BCUT2D eigenvalue weighted by Gasteiger charge is -2.34. The van der Waals surface area contributed by atoms with E-state index in [0.717, 1.165) is 24.2 Å². The van der Waals surface area contributed by atoms with Crippen LogP contribution in [0.3, 0.4) is 0 Å². The fourth-order valence-corrected chi connectivity index (χ4v) is 1.51. The van der Waals surface area contributed by atoms with Gasteiger partial charge in [-0.1, -0.05) is 13.2 Å². The quantitative estimate of drug-likeness (QED) is 0.700. The van der Waals surface area contributed by atoms with Crippen LogP contribution >= 0.6 is 0 Å². The largest absolute Gasteiger partial charge is 0.509 e. The highest BCUT2D eigenvalue weighted by atomic mass is 16.7. The molecule has 0 radical (unpaired) electrons. The van der Waals surface area contributed by atoms with E-state index in [1.54, 1.807) is 12.0 Å². The van der Waals surface area contributed by atoms with E-state index in [4.69, 9.17) is 9.94 Å². The SMILES string of the molecule is C=C1CC(NC)CC(=C)N1O/C=C(/C)O. The topological polar surface area (TPSA) is 44.7 Å². The molecule has 0 aromatic heterocycles. The molecule has 1 fully saturated rings. The molecule has 1 rings (SSSR count). The number of nitrogens with zero attached hydrogens (tertiary/aromatic N) is 1. The molecule has 1 aliphatic heterocycles. The molecule has 1 heterocycles. The van der Waals surface area contributed by atoms with Crippen molar-refractivity contribution in [2.75, 3.05) is 7.05 Å². The van der Waals surface area contributed by atoms with Gasteiger partial charge in [0.1, 0.15) is 5.76 Å². The number of piperidine rings is 1. The third-order valence-electron chi connectivity index (χ3n) is 2.28. The monoisotopic (exact) mass is 210 g/mol. The average Bonchev–Trinajstić information content (AvgIpc) is 2.15. The minimum Gasteiger partial charge on any atom is -0.509 e. The predicted octanol–water partition coefficient (Wildman–Crippen LogP) is 2.05. The highest BCUT2D eigenvalue weighted by Gasteiger charge is 2.24. The molecule has 1 saturated heterocycles. The second-order valence-corrected chi connectivity index (χ2v) is 3.69. The molecule has 0 spiro atoms. The number of nitrogens with one attached hydrogen (secondary N) is 1. The van der Waals surface area contributed by atoms with Crippen LogP contribution in [-0.2, 0) is 4.84 Å². The van der Waals surface area contributed by atoms with Crippen molar-refractivity contribution in [1.82, 2.24) is 10.4 Å². The predicted molar refractivity (Wildman–Crippen MR) is 59.7 cm³/mol. The molecule has 4 nitrogen and oxygen atoms in total. The standard InChI is InChI=1S/C11H18N2O2/c1-8-5-11(12-4)6-9(2)13(8)15-7-10(3)14/h7,11-12,14H,1-2,5-6H2,3-4H3/b10-7-. The van der Waals surface area contributed by atoms with Gasteiger partial charge in [0.2, 0.25) is 0 Å². The Morgan fingerprint density at radius 2 is 2.07 bits per heavy atom. The summed E-state index contributed by atoms with van der Waals surface area (Å²) in [4.78, 5) is 5.26. The third kappa shape index (κ3) is 3.02. The first-order chi connectivity index (χ1) is 7.04. The molecule has 0 saturated carbocycles. The van der Waals surface area contributed by atoms with E-state index in [1.807, 2.05) is 7.05 Å². The van der Waals surface area contributed by atoms with Gasteiger partial charge in [-0.2, -0.15) is 5.06 Å². The molecule has 4 heteroatoms. The van der Waals surface area contributed by atoms with Crippen LogP contribution in [0.4, 0.5) is 0 Å². The Balaban J connectivity index is 2.63. The summed E-state index contributed by atoms with van der Waals surface area (Å²) in [6.07, 6.45) is 2.90. The van der Waals surface area contributed by atoms with Crippen molar-refractivity contribution in [3.63, 3.8) is 0 Å². The van der Waals surface area contributed by atoms with Crippen molar-refractivity contribution in [3.8, 4) is 0 Å². The van der Waals surface area contributed by atoms with Crippen LogP contribution in [-0.4, -0.2) is 23.3 Å². The lowest BCUT2D eigenvalue weighted by molar-refractivity contribution is -0.0558. The Kier molecular flexibility index (Phi) is 3.80. The Bertz CT molecular complexity index is 275. The van der Waals surface area contributed by atoms with Gasteiger partial charge in [0, 0.05) is 18.9 Å². The molecule has 15 heavy (non-hydrogen) atoms. The van der Waals surface area contributed by atoms with Gasteiger partial charge in [0.15, 0.2) is 6.26 Å². The van der Waals surface area contributed by atoms with E-state index in [9.17, 15) is 0 Å². The van der Waals surface area contributed by atoms with Gasteiger partial charge in [0.25, 0.3) is 0 Å². The van der Waals surface area contributed by atoms with Gasteiger partial charge in [-0.05, 0) is 14.0 Å². The number of allylic oxidation sites excluding steroid dienone is 1.